The van der Waals surface area contributed by atoms with Gasteiger partial charge < -0.3 is 10.1 Å². The molecule has 1 aliphatic carbocycles. The number of ether oxygens (including phenoxy) is 1. The number of anilines is 1. The summed E-state index contributed by atoms with van der Waals surface area (Å²) in [6.45, 7) is -1.91. The van der Waals surface area contributed by atoms with E-state index in [1.807, 2.05) is 0 Å². The summed E-state index contributed by atoms with van der Waals surface area (Å²) >= 11 is 1.78. The molecule has 1 N–H and O–H groups in total. The summed E-state index contributed by atoms with van der Waals surface area (Å²) < 4.78 is 28.3. The van der Waals surface area contributed by atoms with Gasteiger partial charge in [0.25, 0.3) is 0 Å². The van der Waals surface area contributed by atoms with Crippen LogP contribution in [0.3, 0.4) is 0 Å². The molecule has 3 rings (SSSR count). The summed E-state index contributed by atoms with van der Waals surface area (Å²) in [5.41, 5.74) is 0.837. The number of benzene rings is 1. The largest absolute Gasteiger partial charge is 0.435 e. The summed E-state index contributed by atoms with van der Waals surface area (Å²) in [4.78, 5) is 4.46. The van der Waals surface area contributed by atoms with E-state index in [0.717, 1.165) is 23.3 Å². The van der Waals surface area contributed by atoms with E-state index in [4.69, 9.17) is 0 Å². The molecule has 2 aliphatic rings. The third-order valence-corrected chi connectivity index (χ3v) is 4.45. The molecule has 0 bridgehead atoms. The van der Waals surface area contributed by atoms with Gasteiger partial charge in [0.15, 0.2) is 5.17 Å². The molecule has 1 fully saturated rings. The number of nitrogens with zero attached hydrogens (tertiary/aromatic N) is 1. The maximum Gasteiger partial charge on any atom is 0.387 e. The van der Waals surface area contributed by atoms with Crippen LogP contribution < -0.4 is 10.1 Å². The number of halogens is 2. The Morgan fingerprint density at radius 1 is 1.26 bits per heavy atom. The fourth-order valence-corrected chi connectivity index (χ4v) is 3.24. The zero-order chi connectivity index (χ0) is 13.2. The van der Waals surface area contributed by atoms with Crippen LogP contribution in [0.1, 0.15) is 12.8 Å². The van der Waals surface area contributed by atoms with Crippen LogP contribution in [-0.2, 0) is 0 Å². The minimum atomic E-state index is -2.78. The Kier molecular flexibility index (Phi) is 3.59. The Hall–Kier alpha value is -1.30. The van der Waals surface area contributed by atoms with Crippen LogP contribution in [0.15, 0.2) is 29.3 Å². The first-order valence-corrected chi connectivity index (χ1v) is 7.12. The fourth-order valence-electron chi connectivity index (χ4n) is 2.02. The topological polar surface area (TPSA) is 33.6 Å². The summed E-state index contributed by atoms with van der Waals surface area (Å²) in [5.74, 6) is 0.993. The van der Waals surface area contributed by atoms with Crippen molar-refractivity contribution in [2.75, 3.05) is 11.9 Å². The first-order chi connectivity index (χ1) is 9.20. The van der Waals surface area contributed by atoms with Gasteiger partial charge in [0, 0.05) is 10.9 Å². The minimum absolute atomic E-state index is 0.164. The molecule has 1 atom stereocenters. The number of hydrogen-bond acceptors (Lipinski definition) is 4. The number of rotatable bonds is 4. The second-order valence-corrected chi connectivity index (χ2v) is 5.90. The highest BCUT2D eigenvalue weighted by molar-refractivity contribution is 8.15. The van der Waals surface area contributed by atoms with Gasteiger partial charge in [0.1, 0.15) is 5.75 Å². The van der Waals surface area contributed by atoms with Crippen LogP contribution in [0.4, 0.5) is 14.5 Å². The van der Waals surface area contributed by atoms with Crippen molar-refractivity contribution in [3.05, 3.63) is 24.3 Å². The van der Waals surface area contributed by atoms with Gasteiger partial charge in [-0.05, 0) is 43.0 Å². The number of thioether (sulfide) groups is 1. The Morgan fingerprint density at radius 3 is 2.63 bits per heavy atom. The molecule has 0 amide bonds. The second-order valence-electron chi connectivity index (χ2n) is 4.67. The molecular weight excluding hydrogens is 270 g/mol. The summed E-state index contributed by atoms with van der Waals surface area (Å²) in [6.07, 6.45) is 2.64. The van der Waals surface area contributed by atoms with Crippen molar-refractivity contribution >= 4 is 22.6 Å². The van der Waals surface area contributed by atoms with E-state index in [-0.39, 0.29) is 5.75 Å². The molecule has 0 saturated heterocycles. The Balaban J connectivity index is 1.55. The first kappa shape index (κ1) is 12.7. The van der Waals surface area contributed by atoms with Crippen LogP contribution >= 0.6 is 11.8 Å². The molecule has 1 aromatic carbocycles. The van der Waals surface area contributed by atoms with Crippen LogP contribution in [0, 0.1) is 5.92 Å². The molecule has 3 nitrogen and oxygen atoms in total. The summed E-state index contributed by atoms with van der Waals surface area (Å²) in [5, 5.41) is 4.73. The molecule has 6 heteroatoms. The van der Waals surface area contributed by atoms with Crippen molar-refractivity contribution in [3.8, 4) is 5.75 Å². The minimum Gasteiger partial charge on any atom is -0.435 e. The lowest BCUT2D eigenvalue weighted by molar-refractivity contribution is -0.0498. The molecule has 1 saturated carbocycles. The van der Waals surface area contributed by atoms with E-state index < -0.39 is 6.61 Å². The summed E-state index contributed by atoms with van der Waals surface area (Å²) in [6, 6.07) is 6.47. The maximum atomic E-state index is 12.0. The van der Waals surface area contributed by atoms with Crippen molar-refractivity contribution < 1.29 is 13.5 Å². The number of nitrogens with one attached hydrogen (secondary N) is 1. The van der Waals surface area contributed by atoms with Gasteiger partial charge in [0.05, 0.1) is 6.54 Å². The number of amidine groups is 1. The third kappa shape index (κ3) is 3.37. The first-order valence-electron chi connectivity index (χ1n) is 6.24. The lowest BCUT2D eigenvalue weighted by Crippen LogP contribution is -2.09. The van der Waals surface area contributed by atoms with E-state index in [1.165, 1.54) is 25.0 Å². The molecule has 1 unspecified atom stereocenters. The molecule has 1 heterocycles. The highest BCUT2D eigenvalue weighted by atomic mass is 32.2. The molecule has 1 aromatic rings. The molecule has 0 radical (unpaired) electrons. The monoisotopic (exact) mass is 284 g/mol. The van der Waals surface area contributed by atoms with Crippen LogP contribution in [-0.4, -0.2) is 23.6 Å². The standard InChI is InChI=1S/C13H14F2N2OS/c14-12(15)18-10-5-3-9(4-6-10)17-13-16-7-11(19-13)8-1-2-8/h3-6,8,11-12H,1-2,7H2,(H,16,17). The Labute approximate surface area is 114 Å². The lowest BCUT2D eigenvalue weighted by Gasteiger charge is -2.09. The smallest absolute Gasteiger partial charge is 0.387 e. The zero-order valence-corrected chi connectivity index (χ0v) is 11.0. The second kappa shape index (κ2) is 5.36. The number of hydrogen-bond donors (Lipinski definition) is 1. The van der Waals surface area contributed by atoms with Gasteiger partial charge in [-0.2, -0.15) is 8.78 Å². The predicted molar refractivity (Wildman–Crippen MR) is 73.1 cm³/mol. The van der Waals surface area contributed by atoms with Crippen LogP contribution in [0.2, 0.25) is 0 Å². The molecule has 102 valence electrons. The van der Waals surface area contributed by atoms with Crippen molar-refractivity contribution in [2.45, 2.75) is 24.7 Å². The van der Waals surface area contributed by atoms with E-state index >= 15 is 0 Å². The number of alkyl halides is 2. The van der Waals surface area contributed by atoms with Gasteiger partial charge in [-0.1, -0.05) is 11.8 Å². The average Bonchev–Trinajstić information content (AvgIpc) is 3.12. The Bertz CT molecular complexity index is 474. The van der Waals surface area contributed by atoms with Crippen molar-refractivity contribution in [1.82, 2.24) is 0 Å². The normalized spacial score (nSPS) is 22.5. The van der Waals surface area contributed by atoms with Crippen molar-refractivity contribution in [2.24, 2.45) is 10.9 Å². The van der Waals surface area contributed by atoms with Crippen LogP contribution in [0.25, 0.3) is 0 Å². The zero-order valence-electron chi connectivity index (χ0n) is 10.2. The van der Waals surface area contributed by atoms with Crippen molar-refractivity contribution in [1.29, 1.82) is 0 Å². The fraction of sp³-hybridized carbons (Fsp3) is 0.462. The van der Waals surface area contributed by atoms with Gasteiger partial charge in [-0.25, -0.2) is 0 Å². The third-order valence-electron chi connectivity index (χ3n) is 3.16. The summed E-state index contributed by atoms with van der Waals surface area (Å²) in [7, 11) is 0. The van der Waals surface area contributed by atoms with E-state index in [9.17, 15) is 8.78 Å². The van der Waals surface area contributed by atoms with Crippen LogP contribution in [0.5, 0.6) is 5.75 Å². The van der Waals surface area contributed by atoms with E-state index in [2.05, 4.69) is 15.0 Å². The van der Waals surface area contributed by atoms with E-state index in [1.54, 1.807) is 23.9 Å². The van der Waals surface area contributed by atoms with Crippen molar-refractivity contribution in [3.63, 3.8) is 0 Å². The van der Waals surface area contributed by atoms with Gasteiger partial charge in [-0.15, -0.1) is 0 Å². The molecule has 1 aliphatic heterocycles. The highest BCUT2D eigenvalue weighted by Crippen LogP contribution is 2.41. The van der Waals surface area contributed by atoms with Gasteiger partial charge in [0.2, 0.25) is 0 Å². The Morgan fingerprint density at radius 2 is 2.00 bits per heavy atom. The molecule has 0 aromatic heterocycles. The quantitative estimate of drug-likeness (QED) is 0.917. The van der Waals surface area contributed by atoms with Gasteiger partial charge >= 0.3 is 6.61 Å². The van der Waals surface area contributed by atoms with Gasteiger partial charge in [-0.3, -0.25) is 4.99 Å². The molecule has 19 heavy (non-hydrogen) atoms. The molecule has 0 spiro atoms. The predicted octanol–water partition coefficient (Wildman–Crippen LogP) is 3.58. The van der Waals surface area contributed by atoms with E-state index in [0.29, 0.717) is 5.25 Å². The maximum absolute atomic E-state index is 12.0. The highest BCUT2D eigenvalue weighted by Gasteiger charge is 2.35. The SMILES string of the molecule is FC(F)Oc1ccc(NC2=NCC(C3CC3)S2)cc1. The lowest BCUT2D eigenvalue weighted by atomic mass is 10.3. The number of aliphatic imine (C=N–C) groups is 1. The average molecular weight is 284 g/mol. The molecular formula is C13H14F2N2OS.